The van der Waals surface area contributed by atoms with Crippen molar-refractivity contribution in [3.8, 4) is 0 Å². The Morgan fingerprint density at radius 3 is 1.94 bits per heavy atom. The molecule has 0 spiro atoms. The van der Waals surface area contributed by atoms with E-state index in [2.05, 4.69) is 35.0 Å². The van der Waals surface area contributed by atoms with Gasteiger partial charge in [-0.05, 0) is 53.3 Å². The Bertz CT molecular complexity index is 1270. The normalized spacial score (nSPS) is 11.4. The Hall–Kier alpha value is -4.38. The summed E-state index contributed by atoms with van der Waals surface area (Å²) >= 11 is 0. The Kier molecular flexibility index (Phi) is 8.49. The van der Waals surface area contributed by atoms with Crippen LogP contribution >= 0.6 is 0 Å². The van der Waals surface area contributed by atoms with Crippen LogP contribution in [0.15, 0.2) is 109 Å². The molecule has 0 aliphatic rings. The van der Waals surface area contributed by atoms with E-state index in [0.717, 1.165) is 28.8 Å². The van der Waals surface area contributed by atoms with Gasteiger partial charge in [0, 0.05) is 17.8 Å². The number of amides is 3. The molecule has 0 heterocycles. The minimum Gasteiger partial charge on any atom is -0.326 e. The number of para-hydroxylation sites is 1. The van der Waals surface area contributed by atoms with Crippen LogP contribution in [0, 0.1) is 0 Å². The number of carbonyl (C=O) groups is 2. The number of anilines is 2. The molecule has 3 N–H and O–H groups in total. The Labute approximate surface area is 212 Å². The zero-order chi connectivity index (χ0) is 25.2. The standard InChI is InChI=1S/C31H31N3O2/c1-2-23-17-19-27(20-18-23)32-31(36)34-29(22-25-13-7-4-8-14-25)30(35)33-28-16-10-9-15-26(28)21-24-11-5-3-6-12-24/h3-20,29H,2,21-22H2,1H3,(H,33,35)(H2,32,34,36). The summed E-state index contributed by atoms with van der Waals surface area (Å²) in [4.78, 5) is 26.3. The number of hydrogen-bond donors (Lipinski definition) is 3. The van der Waals surface area contributed by atoms with Crippen molar-refractivity contribution in [2.45, 2.75) is 32.2 Å². The molecule has 0 bridgehead atoms. The van der Waals surface area contributed by atoms with Crippen LogP contribution in [-0.2, 0) is 24.1 Å². The highest BCUT2D eigenvalue weighted by Crippen LogP contribution is 2.20. The summed E-state index contributed by atoms with van der Waals surface area (Å²) in [5.41, 5.74) is 5.74. The second-order valence-corrected chi connectivity index (χ2v) is 8.70. The first-order valence-electron chi connectivity index (χ1n) is 12.2. The first-order valence-corrected chi connectivity index (χ1v) is 12.2. The molecule has 0 aliphatic carbocycles. The molecule has 5 nitrogen and oxygen atoms in total. The third kappa shape index (κ3) is 7.06. The van der Waals surface area contributed by atoms with Gasteiger partial charge in [-0.1, -0.05) is 97.9 Å². The van der Waals surface area contributed by atoms with Crippen molar-refractivity contribution >= 4 is 23.3 Å². The van der Waals surface area contributed by atoms with Crippen LogP contribution in [0.3, 0.4) is 0 Å². The molecule has 36 heavy (non-hydrogen) atoms. The Morgan fingerprint density at radius 2 is 1.28 bits per heavy atom. The van der Waals surface area contributed by atoms with E-state index in [4.69, 9.17) is 0 Å². The fourth-order valence-electron chi connectivity index (χ4n) is 4.04. The molecule has 182 valence electrons. The topological polar surface area (TPSA) is 70.2 Å². The van der Waals surface area contributed by atoms with Crippen LogP contribution in [0.4, 0.5) is 16.2 Å². The van der Waals surface area contributed by atoms with Gasteiger partial charge in [-0.25, -0.2) is 4.79 Å². The highest BCUT2D eigenvalue weighted by atomic mass is 16.2. The van der Waals surface area contributed by atoms with E-state index in [-0.39, 0.29) is 5.91 Å². The van der Waals surface area contributed by atoms with E-state index >= 15 is 0 Å². The highest BCUT2D eigenvalue weighted by molar-refractivity contribution is 5.99. The summed E-state index contributed by atoms with van der Waals surface area (Å²) in [5.74, 6) is -0.268. The predicted octanol–water partition coefficient (Wildman–Crippen LogP) is 6.21. The Morgan fingerprint density at radius 1 is 0.667 bits per heavy atom. The number of nitrogens with one attached hydrogen (secondary N) is 3. The average Bonchev–Trinajstić information content (AvgIpc) is 2.91. The van der Waals surface area contributed by atoms with E-state index in [1.165, 1.54) is 5.56 Å². The van der Waals surface area contributed by atoms with Crippen molar-refractivity contribution < 1.29 is 9.59 Å². The summed E-state index contributed by atoms with van der Waals surface area (Å²) in [6.45, 7) is 2.08. The molecule has 0 aromatic heterocycles. The lowest BCUT2D eigenvalue weighted by atomic mass is 10.0. The number of aryl methyl sites for hydroxylation is 1. The van der Waals surface area contributed by atoms with Gasteiger partial charge in [0.05, 0.1) is 0 Å². The fourth-order valence-corrected chi connectivity index (χ4v) is 4.04. The minimum absolute atomic E-state index is 0.268. The lowest BCUT2D eigenvalue weighted by Crippen LogP contribution is -2.47. The van der Waals surface area contributed by atoms with Gasteiger partial charge >= 0.3 is 6.03 Å². The van der Waals surface area contributed by atoms with Gasteiger partial charge in [-0.3, -0.25) is 4.79 Å². The van der Waals surface area contributed by atoms with Crippen molar-refractivity contribution in [3.63, 3.8) is 0 Å². The molecule has 0 saturated heterocycles. The van der Waals surface area contributed by atoms with Crippen molar-refractivity contribution in [1.29, 1.82) is 0 Å². The van der Waals surface area contributed by atoms with Crippen LogP contribution in [0.2, 0.25) is 0 Å². The molecule has 0 saturated carbocycles. The van der Waals surface area contributed by atoms with Gasteiger partial charge < -0.3 is 16.0 Å². The van der Waals surface area contributed by atoms with Crippen LogP contribution in [0.5, 0.6) is 0 Å². The van der Waals surface area contributed by atoms with Crippen LogP contribution in [0.25, 0.3) is 0 Å². The van der Waals surface area contributed by atoms with Gasteiger partial charge in [0.15, 0.2) is 0 Å². The lowest BCUT2D eigenvalue weighted by Gasteiger charge is -2.20. The van der Waals surface area contributed by atoms with Gasteiger partial charge in [0.1, 0.15) is 6.04 Å². The monoisotopic (exact) mass is 477 g/mol. The maximum atomic E-state index is 13.4. The van der Waals surface area contributed by atoms with E-state index in [9.17, 15) is 9.59 Å². The third-order valence-corrected chi connectivity index (χ3v) is 6.04. The first-order chi connectivity index (χ1) is 17.6. The first kappa shape index (κ1) is 24.7. The maximum Gasteiger partial charge on any atom is 0.319 e. The number of carbonyl (C=O) groups excluding carboxylic acids is 2. The SMILES string of the molecule is CCc1ccc(NC(=O)NC(Cc2ccccc2)C(=O)Nc2ccccc2Cc2ccccc2)cc1. The molecule has 4 rings (SSSR count). The molecule has 1 atom stereocenters. The highest BCUT2D eigenvalue weighted by Gasteiger charge is 2.22. The quantitative estimate of drug-likeness (QED) is 0.268. The van der Waals surface area contributed by atoms with Crippen LogP contribution < -0.4 is 16.0 Å². The molecule has 4 aromatic rings. The fraction of sp³-hybridized carbons (Fsp3) is 0.161. The summed E-state index contributed by atoms with van der Waals surface area (Å²) in [7, 11) is 0. The Balaban J connectivity index is 1.49. The van der Waals surface area contributed by atoms with Gasteiger partial charge in [0.25, 0.3) is 0 Å². The van der Waals surface area contributed by atoms with Crippen molar-refractivity contribution in [3.05, 3.63) is 131 Å². The lowest BCUT2D eigenvalue weighted by molar-refractivity contribution is -0.117. The van der Waals surface area contributed by atoms with Gasteiger partial charge in [-0.15, -0.1) is 0 Å². The zero-order valence-corrected chi connectivity index (χ0v) is 20.4. The van der Waals surface area contributed by atoms with E-state index in [1.54, 1.807) is 0 Å². The zero-order valence-electron chi connectivity index (χ0n) is 20.4. The number of urea groups is 1. The van der Waals surface area contributed by atoms with E-state index < -0.39 is 12.1 Å². The number of rotatable bonds is 9. The van der Waals surface area contributed by atoms with Crippen molar-refractivity contribution in [1.82, 2.24) is 5.32 Å². The van der Waals surface area contributed by atoms with Crippen molar-refractivity contribution in [2.24, 2.45) is 0 Å². The molecule has 1 unspecified atom stereocenters. The average molecular weight is 478 g/mol. The number of benzene rings is 4. The molecule has 0 radical (unpaired) electrons. The summed E-state index contributed by atoms with van der Waals surface area (Å²) in [6, 6.07) is 34.1. The van der Waals surface area contributed by atoms with E-state index in [0.29, 0.717) is 18.5 Å². The smallest absolute Gasteiger partial charge is 0.319 e. The molecule has 4 aromatic carbocycles. The molecular formula is C31H31N3O2. The third-order valence-electron chi connectivity index (χ3n) is 6.04. The number of hydrogen-bond acceptors (Lipinski definition) is 2. The largest absolute Gasteiger partial charge is 0.326 e. The summed E-state index contributed by atoms with van der Waals surface area (Å²) in [5, 5.41) is 8.77. The van der Waals surface area contributed by atoms with E-state index in [1.807, 2.05) is 97.1 Å². The minimum atomic E-state index is -0.757. The van der Waals surface area contributed by atoms with Gasteiger partial charge in [0.2, 0.25) is 5.91 Å². The van der Waals surface area contributed by atoms with Crippen LogP contribution in [-0.4, -0.2) is 18.0 Å². The summed E-state index contributed by atoms with van der Waals surface area (Å²) in [6.07, 6.45) is 2.00. The second-order valence-electron chi connectivity index (χ2n) is 8.70. The second kappa shape index (κ2) is 12.4. The molecule has 0 aliphatic heterocycles. The predicted molar refractivity (Wildman–Crippen MR) is 146 cm³/mol. The molecule has 5 heteroatoms. The molecule has 3 amide bonds. The summed E-state index contributed by atoms with van der Waals surface area (Å²) < 4.78 is 0. The van der Waals surface area contributed by atoms with Gasteiger partial charge in [-0.2, -0.15) is 0 Å². The van der Waals surface area contributed by atoms with Crippen LogP contribution in [0.1, 0.15) is 29.2 Å². The molecule has 0 fully saturated rings. The van der Waals surface area contributed by atoms with Crippen molar-refractivity contribution in [2.75, 3.05) is 10.6 Å². The maximum absolute atomic E-state index is 13.4. The molecular weight excluding hydrogens is 446 g/mol.